The van der Waals surface area contributed by atoms with E-state index < -0.39 is 0 Å². The maximum atomic E-state index is 4.97. The highest BCUT2D eigenvalue weighted by molar-refractivity contribution is 5.69. The van der Waals surface area contributed by atoms with E-state index in [0.29, 0.717) is 0 Å². The normalized spacial score (nSPS) is 17.6. The first-order chi connectivity index (χ1) is 11.6. The zero-order valence-electron chi connectivity index (χ0n) is 14.3. The van der Waals surface area contributed by atoms with Gasteiger partial charge in [-0.25, -0.2) is 15.0 Å². The second kappa shape index (κ2) is 5.78. The highest BCUT2D eigenvalue weighted by atomic mass is 15.3. The summed E-state index contributed by atoms with van der Waals surface area (Å²) in [6.45, 7) is 3.01. The van der Waals surface area contributed by atoms with Crippen molar-refractivity contribution in [3.8, 4) is 0 Å². The lowest BCUT2D eigenvalue weighted by Crippen LogP contribution is -2.25. The van der Waals surface area contributed by atoms with Crippen molar-refractivity contribution >= 4 is 17.2 Å². The third-order valence-corrected chi connectivity index (χ3v) is 4.62. The lowest BCUT2D eigenvalue weighted by Gasteiger charge is -2.26. The average molecular weight is 322 g/mol. The van der Waals surface area contributed by atoms with E-state index in [0.717, 1.165) is 47.9 Å². The molecule has 24 heavy (non-hydrogen) atoms. The summed E-state index contributed by atoms with van der Waals surface area (Å²) in [6, 6.07) is 6.48. The molecule has 1 aliphatic heterocycles. The van der Waals surface area contributed by atoms with Gasteiger partial charge in [0.15, 0.2) is 5.82 Å². The van der Waals surface area contributed by atoms with Gasteiger partial charge in [-0.2, -0.15) is 0 Å². The fourth-order valence-electron chi connectivity index (χ4n) is 3.48. The first kappa shape index (κ1) is 14.9. The van der Waals surface area contributed by atoms with Crippen molar-refractivity contribution in [2.45, 2.75) is 25.8 Å². The molecule has 0 aromatic carbocycles. The van der Waals surface area contributed by atoms with Crippen LogP contribution in [0.2, 0.25) is 0 Å². The molecule has 0 aliphatic carbocycles. The minimum absolute atomic E-state index is 0.254. The van der Waals surface area contributed by atoms with Crippen LogP contribution >= 0.6 is 0 Å². The molecule has 1 atom stereocenters. The van der Waals surface area contributed by atoms with E-state index in [9.17, 15) is 0 Å². The summed E-state index contributed by atoms with van der Waals surface area (Å²) >= 11 is 0. The summed E-state index contributed by atoms with van der Waals surface area (Å²) in [4.78, 5) is 18.1. The summed E-state index contributed by atoms with van der Waals surface area (Å²) in [7, 11) is 4.08. The van der Waals surface area contributed by atoms with Gasteiger partial charge in [0.2, 0.25) is 0 Å². The Bertz CT molecular complexity index is 869. The van der Waals surface area contributed by atoms with Gasteiger partial charge in [-0.3, -0.25) is 0 Å². The quantitative estimate of drug-likeness (QED) is 0.742. The third kappa shape index (κ3) is 2.48. The molecular formula is C18H22N6. The monoisotopic (exact) mass is 322 g/mol. The Labute approximate surface area is 141 Å². The molecule has 124 valence electrons. The van der Waals surface area contributed by atoms with Crippen LogP contribution in [0, 0.1) is 6.92 Å². The maximum absolute atomic E-state index is 4.97. The van der Waals surface area contributed by atoms with Gasteiger partial charge in [-0.15, -0.1) is 0 Å². The fourth-order valence-corrected chi connectivity index (χ4v) is 3.48. The van der Waals surface area contributed by atoms with E-state index in [1.807, 2.05) is 21.0 Å². The largest absolute Gasteiger partial charge is 0.361 e. The minimum atomic E-state index is 0.254. The highest BCUT2D eigenvalue weighted by Gasteiger charge is 2.29. The van der Waals surface area contributed by atoms with Crippen molar-refractivity contribution in [1.82, 2.24) is 19.4 Å². The molecule has 0 spiro atoms. The van der Waals surface area contributed by atoms with E-state index in [-0.39, 0.29) is 6.04 Å². The number of fused-ring (bicyclic) bond motifs is 1. The second-order valence-corrected chi connectivity index (χ2v) is 6.55. The van der Waals surface area contributed by atoms with Crippen LogP contribution in [0.25, 0.3) is 5.52 Å². The molecule has 0 radical (unpaired) electrons. The first-order valence-corrected chi connectivity index (χ1v) is 8.34. The molecule has 1 aliphatic rings. The standard InChI is InChI=1S/C18H22N6/c1-13-10-17(20-12-19-13)24-9-5-6-15(24)14-11-23-8-4-7-16(23)18(21-14)22(2)3/h4,7-8,10-12,15H,5-6,9H2,1-3H3/t15-/m1/s1. The Morgan fingerprint density at radius 1 is 1.25 bits per heavy atom. The zero-order chi connectivity index (χ0) is 16.7. The van der Waals surface area contributed by atoms with Crippen molar-refractivity contribution in [2.24, 2.45) is 0 Å². The third-order valence-electron chi connectivity index (χ3n) is 4.62. The summed E-state index contributed by atoms with van der Waals surface area (Å²) < 4.78 is 2.17. The molecule has 3 aromatic heterocycles. The number of nitrogens with zero attached hydrogens (tertiary/aromatic N) is 6. The van der Waals surface area contributed by atoms with Crippen LogP contribution in [-0.4, -0.2) is 40.0 Å². The Morgan fingerprint density at radius 2 is 2.12 bits per heavy atom. The number of rotatable bonds is 3. The summed E-state index contributed by atoms with van der Waals surface area (Å²) in [5.74, 6) is 1.99. The smallest absolute Gasteiger partial charge is 0.152 e. The Balaban J connectivity index is 1.78. The molecule has 0 amide bonds. The number of aryl methyl sites for hydroxylation is 1. The van der Waals surface area contributed by atoms with E-state index in [1.165, 1.54) is 0 Å². The van der Waals surface area contributed by atoms with Crippen LogP contribution in [0.1, 0.15) is 30.3 Å². The van der Waals surface area contributed by atoms with Crippen molar-refractivity contribution < 1.29 is 0 Å². The topological polar surface area (TPSA) is 49.6 Å². The van der Waals surface area contributed by atoms with Crippen molar-refractivity contribution in [2.75, 3.05) is 30.4 Å². The summed E-state index contributed by atoms with van der Waals surface area (Å²) in [5.41, 5.74) is 3.22. The van der Waals surface area contributed by atoms with Gasteiger partial charge in [-0.05, 0) is 31.9 Å². The lowest BCUT2D eigenvalue weighted by atomic mass is 10.1. The molecular weight excluding hydrogens is 300 g/mol. The minimum Gasteiger partial charge on any atom is -0.361 e. The molecule has 4 rings (SSSR count). The van der Waals surface area contributed by atoms with Crippen LogP contribution in [-0.2, 0) is 0 Å². The van der Waals surface area contributed by atoms with Gasteiger partial charge < -0.3 is 14.2 Å². The van der Waals surface area contributed by atoms with Gasteiger partial charge >= 0.3 is 0 Å². The molecule has 4 heterocycles. The van der Waals surface area contributed by atoms with Crippen molar-refractivity contribution in [1.29, 1.82) is 0 Å². The van der Waals surface area contributed by atoms with Gasteiger partial charge in [0.05, 0.1) is 17.3 Å². The van der Waals surface area contributed by atoms with Crippen LogP contribution in [0.15, 0.2) is 36.9 Å². The van der Waals surface area contributed by atoms with Crippen LogP contribution in [0.5, 0.6) is 0 Å². The molecule has 0 unspecified atom stereocenters. The molecule has 3 aromatic rings. The van der Waals surface area contributed by atoms with Gasteiger partial charge in [0, 0.05) is 44.8 Å². The van der Waals surface area contributed by atoms with E-state index >= 15 is 0 Å². The Hall–Kier alpha value is -2.63. The SMILES string of the molecule is Cc1cc(N2CCC[C@@H]2c2cn3cccc3c(N(C)C)n2)ncn1. The van der Waals surface area contributed by atoms with E-state index in [2.05, 4.69) is 54.8 Å². The Morgan fingerprint density at radius 3 is 2.92 bits per heavy atom. The van der Waals surface area contributed by atoms with Crippen LogP contribution in [0.3, 0.4) is 0 Å². The van der Waals surface area contributed by atoms with Gasteiger partial charge in [0.1, 0.15) is 12.1 Å². The molecule has 0 bridgehead atoms. The number of anilines is 2. The van der Waals surface area contributed by atoms with E-state index in [1.54, 1.807) is 6.33 Å². The molecule has 6 nitrogen and oxygen atoms in total. The van der Waals surface area contributed by atoms with Crippen LogP contribution < -0.4 is 9.80 Å². The molecule has 0 saturated carbocycles. The average Bonchev–Trinajstić information content (AvgIpc) is 3.22. The lowest BCUT2D eigenvalue weighted by molar-refractivity contribution is 0.680. The summed E-state index contributed by atoms with van der Waals surface area (Å²) in [6.07, 6.45) is 8.13. The predicted molar refractivity (Wildman–Crippen MR) is 95.6 cm³/mol. The van der Waals surface area contributed by atoms with Gasteiger partial charge in [-0.1, -0.05) is 0 Å². The predicted octanol–water partition coefficient (Wildman–Crippen LogP) is 2.84. The van der Waals surface area contributed by atoms with Crippen LogP contribution in [0.4, 0.5) is 11.6 Å². The second-order valence-electron chi connectivity index (χ2n) is 6.55. The molecule has 0 N–H and O–H groups in total. The number of aromatic nitrogens is 4. The zero-order valence-corrected chi connectivity index (χ0v) is 14.3. The molecule has 6 heteroatoms. The summed E-state index contributed by atoms with van der Waals surface area (Å²) in [5, 5.41) is 0. The first-order valence-electron chi connectivity index (χ1n) is 8.34. The highest BCUT2D eigenvalue weighted by Crippen LogP contribution is 2.35. The van der Waals surface area contributed by atoms with E-state index in [4.69, 9.17) is 4.98 Å². The molecule has 1 fully saturated rings. The Kier molecular flexibility index (Phi) is 3.59. The van der Waals surface area contributed by atoms with Crippen molar-refractivity contribution in [3.05, 3.63) is 48.3 Å². The number of hydrogen-bond donors (Lipinski definition) is 0. The van der Waals surface area contributed by atoms with Gasteiger partial charge in [0.25, 0.3) is 0 Å². The maximum Gasteiger partial charge on any atom is 0.152 e. The number of hydrogen-bond acceptors (Lipinski definition) is 5. The molecule has 1 saturated heterocycles. The van der Waals surface area contributed by atoms with Crippen molar-refractivity contribution in [3.63, 3.8) is 0 Å². The fraction of sp³-hybridized carbons (Fsp3) is 0.389.